The number of carbonyl (C=O) groups is 1. The number of amides is 1. The molecule has 7 heteroatoms. The van der Waals surface area contributed by atoms with E-state index in [1.165, 1.54) is 11.5 Å². The van der Waals surface area contributed by atoms with Crippen molar-refractivity contribution in [2.45, 2.75) is 19.9 Å². The summed E-state index contributed by atoms with van der Waals surface area (Å²) in [5.74, 6) is -0.0102. The number of pyridine rings is 1. The van der Waals surface area contributed by atoms with Gasteiger partial charge in [0.2, 0.25) is 5.91 Å². The molecule has 2 aromatic rings. The maximum atomic E-state index is 11.8. The van der Waals surface area contributed by atoms with Crippen LogP contribution in [0.5, 0.6) is 0 Å². The lowest BCUT2D eigenvalue weighted by molar-refractivity contribution is -0.116. The van der Waals surface area contributed by atoms with E-state index in [4.69, 9.17) is 0 Å². The van der Waals surface area contributed by atoms with Gasteiger partial charge in [0.1, 0.15) is 0 Å². The van der Waals surface area contributed by atoms with Crippen LogP contribution in [-0.2, 0) is 11.3 Å². The SMILES string of the molecule is Cc1nnsc1CN(C)CCC(=O)Nc1cccnc1. The van der Waals surface area contributed by atoms with Crippen molar-refractivity contribution in [2.75, 3.05) is 18.9 Å². The summed E-state index contributed by atoms with van der Waals surface area (Å²) in [4.78, 5) is 19.0. The summed E-state index contributed by atoms with van der Waals surface area (Å²) in [7, 11) is 1.98. The molecule has 2 aromatic heterocycles. The van der Waals surface area contributed by atoms with Crippen molar-refractivity contribution < 1.29 is 4.79 Å². The Morgan fingerprint density at radius 1 is 1.50 bits per heavy atom. The lowest BCUT2D eigenvalue weighted by Gasteiger charge is -2.15. The van der Waals surface area contributed by atoms with Gasteiger partial charge in [0.25, 0.3) is 0 Å². The molecular weight excluding hydrogens is 274 g/mol. The van der Waals surface area contributed by atoms with Gasteiger partial charge in [-0.15, -0.1) is 5.10 Å². The molecule has 0 aliphatic rings. The first-order valence-electron chi connectivity index (χ1n) is 6.31. The van der Waals surface area contributed by atoms with Crippen LogP contribution in [0.2, 0.25) is 0 Å². The number of anilines is 1. The number of nitrogens with zero attached hydrogens (tertiary/aromatic N) is 4. The molecule has 0 aromatic carbocycles. The van der Waals surface area contributed by atoms with E-state index in [1.807, 2.05) is 20.0 Å². The Morgan fingerprint density at radius 2 is 2.35 bits per heavy atom. The zero-order valence-electron chi connectivity index (χ0n) is 11.5. The van der Waals surface area contributed by atoms with E-state index in [0.717, 1.165) is 22.8 Å². The first-order chi connectivity index (χ1) is 9.65. The first kappa shape index (κ1) is 14.5. The molecule has 0 bridgehead atoms. The molecule has 0 spiro atoms. The molecule has 0 aliphatic heterocycles. The highest BCUT2D eigenvalue weighted by atomic mass is 32.1. The molecule has 6 nitrogen and oxygen atoms in total. The lowest BCUT2D eigenvalue weighted by atomic mass is 10.3. The smallest absolute Gasteiger partial charge is 0.225 e. The van der Waals surface area contributed by atoms with Crippen molar-refractivity contribution in [2.24, 2.45) is 0 Å². The minimum absolute atomic E-state index is 0.0102. The highest BCUT2D eigenvalue weighted by Gasteiger charge is 2.09. The predicted molar refractivity (Wildman–Crippen MR) is 78.5 cm³/mol. The first-order valence-corrected chi connectivity index (χ1v) is 7.09. The third kappa shape index (κ3) is 4.36. The Hall–Kier alpha value is -1.86. The van der Waals surface area contributed by atoms with E-state index < -0.39 is 0 Å². The Balaban J connectivity index is 1.74. The number of hydrogen-bond acceptors (Lipinski definition) is 6. The average molecular weight is 291 g/mol. The topological polar surface area (TPSA) is 71.0 Å². The van der Waals surface area contributed by atoms with E-state index in [9.17, 15) is 4.79 Å². The number of carbonyl (C=O) groups excluding carboxylic acids is 1. The van der Waals surface area contributed by atoms with Gasteiger partial charge in [-0.25, -0.2) is 0 Å². The number of aromatic nitrogens is 3. The minimum atomic E-state index is -0.0102. The van der Waals surface area contributed by atoms with E-state index in [-0.39, 0.29) is 5.91 Å². The largest absolute Gasteiger partial charge is 0.325 e. The van der Waals surface area contributed by atoms with Crippen molar-refractivity contribution >= 4 is 23.1 Å². The second-order valence-electron chi connectivity index (χ2n) is 4.56. The highest BCUT2D eigenvalue weighted by molar-refractivity contribution is 7.05. The Bertz CT molecular complexity index is 557. The van der Waals surface area contributed by atoms with Crippen LogP contribution in [-0.4, -0.2) is 39.0 Å². The maximum absolute atomic E-state index is 11.8. The Kier molecular flexibility index (Phi) is 5.14. The molecule has 2 heterocycles. The van der Waals surface area contributed by atoms with Gasteiger partial charge in [-0.3, -0.25) is 9.78 Å². The van der Waals surface area contributed by atoms with E-state index >= 15 is 0 Å². The second-order valence-corrected chi connectivity index (χ2v) is 5.40. The maximum Gasteiger partial charge on any atom is 0.225 e. The van der Waals surface area contributed by atoms with Gasteiger partial charge in [0, 0.05) is 25.7 Å². The fourth-order valence-corrected chi connectivity index (χ4v) is 2.39. The second kappa shape index (κ2) is 7.06. The van der Waals surface area contributed by atoms with Gasteiger partial charge in [-0.2, -0.15) is 0 Å². The van der Waals surface area contributed by atoms with Crippen molar-refractivity contribution in [1.82, 2.24) is 19.5 Å². The van der Waals surface area contributed by atoms with Crippen molar-refractivity contribution in [3.8, 4) is 0 Å². The van der Waals surface area contributed by atoms with E-state index in [2.05, 4.69) is 24.8 Å². The van der Waals surface area contributed by atoms with Crippen LogP contribution < -0.4 is 5.32 Å². The third-order valence-corrected chi connectivity index (χ3v) is 3.63. The van der Waals surface area contributed by atoms with Crippen LogP contribution in [0.4, 0.5) is 5.69 Å². The standard InChI is InChI=1S/C13H17N5OS/c1-10-12(20-17-16-10)9-18(2)7-5-13(19)15-11-4-3-6-14-8-11/h3-4,6,8H,5,7,9H2,1-2H3,(H,15,19). The summed E-state index contributed by atoms with van der Waals surface area (Å²) in [6, 6.07) is 3.61. The predicted octanol–water partition coefficient (Wildman–Crippen LogP) is 1.70. The molecule has 106 valence electrons. The van der Waals surface area contributed by atoms with Crippen molar-refractivity contribution in [3.63, 3.8) is 0 Å². The average Bonchev–Trinajstić information content (AvgIpc) is 2.83. The Morgan fingerprint density at radius 3 is 3.00 bits per heavy atom. The van der Waals surface area contributed by atoms with Gasteiger partial charge in [0.15, 0.2) is 0 Å². The molecule has 1 N–H and O–H groups in total. The number of hydrogen-bond donors (Lipinski definition) is 1. The van der Waals surface area contributed by atoms with Gasteiger partial charge < -0.3 is 10.2 Å². The molecule has 2 rings (SSSR count). The van der Waals surface area contributed by atoms with Crippen LogP contribution in [0.1, 0.15) is 17.0 Å². The number of nitrogens with one attached hydrogen (secondary N) is 1. The molecule has 0 radical (unpaired) electrons. The summed E-state index contributed by atoms with van der Waals surface area (Å²) >= 11 is 1.40. The minimum Gasteiger partial charge on any atom is -0.325 e. The molecule has 0 unspecified atom stereocenters. The van der Waals surface area contributed by atoms with E-state index in [0.29, 0.717) is 13.0 Å². The summed E-state index contributed by atoms with van der Waals surface area (Å²) in [6.07, 6.45) is 3.75. The van der Waals surface area contributed by atoms with Gasteiger partial charge >= 0.3 is 0 Å². The molecule has 0 fully saturated rings. The van der Waals surface area contributed by atoms with Gasteiger partial charge in [0.05, 0.1) is 22.5 Å². The quantitative estimate of drug-likeness (QED) is 0.877. The van der Waals surface area contributed by atoms with Crippen LogP contribution in [0.15, 0.2) is 24.5 Å². The molecule has 20 heavy (non-hydrogen) atoms. The summed E-state index contributed by atoms with van der Waals surface area (Å²) in [6.45, 7) is 3.40. The molecule has 0 aliphatic carbocycles. The fourth-order valence-electron chi connectivity index (χ4n) is 1.67. The summed E-state index contributed by atoms with van der Waals surface area (Å²) in [5.41, 5.74) is 1.68. The lowest BCUT2D eigenvalue weighted by Crippen LogP contribution is -2.24. The van der Waals surface area contributed by atoms with Gasteiger partial charge in [-0.1, -0.05) is 4.49 Å². The molecule has 0 atom stereocenters. The third-order valence-electron chi connectivity index (χ3n) is 2.82. The molecule has 0 saturated carbocycles. The van der Waals surface area contributed by atoms with Crippen molar-refractivity contribution in [3.05, 3.63) is 35.1 Å². The van der Waals surface area contributed by atoms with Crippen LogP contribution in [0.3, 0.4) is 0 Å². The van der Waals surface area contributed by atoms with Gasteiger partial charge in [-0.05, 0) is 37.6 Å². The fraction of sp³-hybridized carbons (Fsp3) is 0.385. The van der Waals surface area contributed by atoms with Crippen LogP contribution in [0.25, 0.3) is 0 Å². The monoisotopic (exact) mass is 291 g/mol. The zero-order chi connectivity index (χ0) is 14.4. The summed E-state index contributed by atoms with van der Waals surface area (Å²) < 4.78 is 3.90. The summed E-state index contributed by atoms with van der Waals surface area (Å²) in [5, 5.41) is 6.79. The van der Waals surface area contributed by atoms with Crippen molar-refractivity contribution in [1.29, 1.82) is 0 Å². The van der Waals surface area contributed by atoms with Crippen LogP contribution >= 0.6 is 11.5 Å². The number of rotatable bonds is 6. The van der Waals surface area contributed by atoms with E-state index in [1.54, 1.807) is 18.5 Å². The highest BCUT2D eigenvalue weighted by Crippen LogP contribution is 2.11. The van der Waals surface area contributed by atoms with Crippen LogP contribution in [0, 0.1) is 6.92 Å². The molecular formula is C13H17N5OS. The normalized spacial score (nSPS) is 10.8. The molecule has 1 amide bonds. The zero-order valence-corrected chi connectivity index (χ0v) is 12.4. The molecule has 0 saturated heterocycles. The Labute approximate surface area is 122 Å². The number of aryl methyl sites for hydroxylation is 1.